The van der Waals surface area contributed by atoms with Crippen LogP contribution >= 0.6 is 0 Å². The molecule has 0 saturated carbocycles. The molecule has 0 amide bonds. The predicted octanol–water partition coefficient (Wildman–Crippen LogP) is 3.87. The number of anilines is 1. The molecule has 2 aromatic rings. The van der Waals surface area contributed by atoms with Crippen LogP contribution in [0.5, 0.6) is 0 Å². The summed E-state index contributed by atoms with van der Waals surface area (Å²) in [5, 5.41) is 4.63. The van der Waals surface area contributed by atoms with Gasteiger partial charge in [0.1, 0.15) is 0 Å². The van der Waals surface area contributed by atoms with E-state index in [-0.39, 0.29) is 0 Å². The molecule has 1 aromatic heterocycles. The summed E-state index contributed by atoms with van der Waals surface area (Å²) in [5.41, 5.74) is 3.46. The minimum Gasteiger partial charge on any atom is -0.385 e. The van der Waals surface area contributed by atoms with Crippen LogP contribution in [0.25, 0.3) is 10.9 Å². The molecule has 0 spiro atoms. The average molecular weight is 228 g/mol. The number of aromatic nitrogens is 1. The van der Waals surface area contributed by atoms with Gasteiger partial charge in [-0.05, 0) is 31.4 Å². The molecule has 0 bridgehead atoms. The van der Waals surface area contributed by atoms with Crippen LogP contribution in [0.2, 0.25) is 0 Å². The second kappa shape index (κ2) is 5.17. The third-order valence-electron chi connectivity index (χ3n) is 2.75. The summed E-state index contributed by atoms with van der Waals surface area (Å²) >= 11 is 0. The Labute approximate surface area is 103 Å². The highest BCUT2D eigenvalue weighted by Gasteiger charge is 2.06. The maximum Gasteiger partial charge on any atom is 0.0726 e. The van der Waals surface area contributed by atoms with E-state index in [0.29, 0.717) is 5.92 Å². The maximum atomic E-state index is 4.72. The van der Waals surface area contributed by atoms with Gasteiger partial charge < -0.3 is 5.32 Å². The van der Waals surface area contributed by atoms with Crippen LogP contribution in [0.15, 0.2) is 30.3 Å². The summed E-state index contributed by atoms with van der Waals surface area (Å²) in [5.74, 6) is 0.637. The summed E-state index contributed by atoms with van der Waals surface area (Å²) in [7, 11) is 0. The third-order valence-corrected chi connectivity index (χ3v) is 2.75. The zero-order valence-corrected chi connectivity index (χ0v) is 10.8. The summed E-state index contributed by atoms with van der Waals surface area (Å²) in [6.07, 6.45) is 1.03. The van der Waals surface area contributed by atoms with E-state index in [1.165, 1.54) is 16.8 Å². The molecule has 1 heterocycles. The summed E-state index contributed by atoms with van der Waals surface area (Å²) in [4.78, 5) is 4.72. The van der Waals surface area contributed by atoms with Crippen molar-refractivity contribution in [2.75, 3.05) is 11.9 Å². The lowest BCUT2D eigenvalue weighted by Crippen LogP contribution is -2.02. The Kier molecular flexibility index (Phi) is 3.62. The molecular weight excluding hydrogens is 208 g/mol. The zero-order chi connectivity index (χ0) is 12.3. The standard InChI is InChI=1S/C15H20N2/c1-4-16-15-10-12(9-11(2)3)17-14-8-6-5-7-13(14)15/h5-8,10-11H,4,9H2,1-3H3,(H,16,17). The van der Waals surface area contributed by atoms with E-state index >= 15 is 0 Å². The molecule has 0 aliphatic carbocycles. The number of benzene rings is 1. The number of nitrogens with zero attached hydrogens (tertiary/aromatic N) is 1. The van der Waals surface area contributed by atoms with E-state index < -0.39 is 0 Å². The quantitative estimate of drug-likeness (QED) is 0.859. The van der Waals surface area contributed by atoms with Crippen molar-refractivity contribution in [1.82, 2.24) is 4.98 Å². The van der Waals surface area contributed by atoms with E-state index in [4.69, 9.17) is 4.98 Å². The predicted molar refractivity (Wildman–Crippen MR) is 74.4 cm³/mol. The van der Waals surface area contributed by atoms with Gasteiger partial charge >= 0.3 is 0 Å². The topological polar surface area (TPSA) is 24.9 Å². The molecule has 1 N–H and O–H groups in total. The van der Waals surface area contributed by atoms with Gasteiger partial charge in [0.2, 0.25) is 0 Å². The molecule has 0 unspecified atom stereocenters. The summed E-state index contributed by atoms with van der Waals surface area (Å²) in [6, 6.07) is 10.5. The lowest BCUT2D eigenvalue weighted by molar-refractivity contribution is 0.637. The van der Waals surface area contributed by atoms with Crippen molar-refractivity contribution in [3.05, 3.63) is 36.0 Å². The number of hydrogen-bond acceptors (Lipinski definition) is 2. The van der Waals surface area contributed by atoms with Crippen LogP contribution in [0.1, 0.15) is 26.5 Å². The van der Waals surface area contributed by atoms with Crippen LogP contribution in [-0.4, -0.2) is 11.5 Å². The Hall–Kier alpha value is -1.57. The first-order chi connectivity index (χ1) is 8.20. The lowest BCUT2D eigenvalue weighted by Gasteiger charge is -2.11. The Morgan fingerprint density at radius 2 is 2.00 bits per heavy atom. The second-order valence-corrected chi connectivity index (χ2v) is 4.81. The molecular formula is C15H20N2. The molecule has 0 atom stereocenters. The number of fused-ring (bicyclic) bond motifs is 1. The fourth-order valence-electron chi connectivity index (χ4n) is 2.09. The summed E-state index contributed by atoms with van der Waals surface area (Å²) < 4.78 is 0. The maximum absolute atomic E-state index is 4.72. The number of rotatable bonds is 4. The number of nitrogens with one attached hydrogen (secondary N) is 1. The van der Waals surface area contributed by atoms with Crippen molar-refractivity contribution >= 4 is 16.6 Å². The third kappa shape index (κ3) is 2.76. The van der Waals surface area contributed by atoms with Crippen molar-refractivity contribution in [1.29, 1.82) is 0 Å². The summed E-state index contributed by atoms with van der Waals surface area (Å²) in [6.45, 7) is 7.51. The minimum absolute atomic E-state index is 0.637. The van der Waals surface area contributed by atoms with Crippen LogP contribution < -0.4 is 5.32 Å². The molecule has 17 heavy (non-hydrogen) atoms. The highest BCUT2D eigenvalue weighted by Crippen LogP contribution is 2.24. The Balaban J connectivity index is 2.50. The van der Waals surface area contributed by atoms with Crippen LogP contribution in [0.3, 0.4) is 0 Å². The molecule has 2 rings (SSSR count). The van der Waals surface area contributed by atoms with Crippen LogP contribution in [0, 0.1) is 5.92 Å². The van der Waals surface area contributed by atoms with Gasteiger partial charge in [-0.2, -0.15) is 0 Å². The Morgan fingerprint density at radius 1 is 1.24 bits per heavy atom. The van der Waals surface area contributed by atoms with Gasteiger partial charge in [0.15, 0.2) is 0 Å². The van der Waals surface area contributed by atoms with E-state index in [1.54, 1.807) is 0 Å². The van der Waals surface area contributed by atoms with Crippen LogP contribution in [0.4, 0.5) is 5.69 Å². The van der Waals surface area contributed by atoms with Gasteiger partial charge in [0.05, 0.1) is 5.52 Å². The first-order valence-corrected chi connectivity index (χ1v) is 6.33. The van der Waals surface area contributed by atoms with Gasteiger partial charge in [-0.1, -0.05) is 32.0 Å². The van der Waals surface area contributed by atoms with E-state index in [2.05, 4.69) is 50.4 Å². The highest BCUT2D eigenvalue weighted by atomic mass is 14.9. The minimum atomic E-state index is 0.637. The van der Waals surface area contributed by atoms with Gasteiger partial charge in [-0.25, -0.2) is 0 Å². The molecule has 0 aliphatic rings. The number of hydrogen-bond donors (Lipinski definition) is 1. The molecule has 2 nitrogen and oxygen atoms in total. The van der Waals surface area contributed by atoms with Crippen molar-refractivity contribution in [3.8, 4) is 0 Å². The van der Waals surface area contributed by atoms with Crippen molar-refractivity contribution in [2.24, 2.45) is 5.92 Å². The van der Waals surface area contributed by atoms with Crippen molar-refractivity contribution in [3.63, 3.8) is 0 Å². The van der Waals surface area contributed by atoms with Gasteiger partial charge in [-0.15, -0.1) is 0 Å². The average Bonchev–Trinajstić information content (AvgIpc) is 2.28. The molecule has 0 saturated heterocycles. The van der Waals surface area contributed by atoms with Gasteiger partial charge in [-0.3, -0.25) is 4.98 Å². The van der Waals surface area contributed by atoms with Gasteiger partial charge in [0.25, 0.3) is 0 Å². The molecule has 1 aromatic carbocycles. The highest BCUT2D eigenvalue weighted by molar-refractivity contribution is 5.91. The van der Waals surface area contributed by atoms with Gasteiger partial charge in [0, 0.05) is 23.3 Å². The van der Waals surface area contributed by atoms with E-state index in [9.17, 15) is 0 Å². The Morgan fingerprint density at radius 3 is 2.71 bits per heavy atom. The lowest BCUT2D eigenvalue weighted by atomic mass is 10.1. The first kappa shape index (κ1) is 11.9. The molecule has 0 aliphatic heterocycles. The first-order valence-electron chi connectivity index (χ1n) is 6.33. The largest absolute Gasteiger partial charge is 0.385 e. The molecule has 0 fully saturated rings. The fourth-order valence-corrected chi connectivity index (χ4v) is 2.09. The van der Waals surface area contributed by atoms with E-state index in [1.807, 2.05) is 6.07 Å². The molecule has 2 heteroatoms. The second-order valence-electron chi connectivity index (χ2n) is 4.81. The SMILES string of the molecule is CCNc1cc(CC(C)C)nc2ccccc12. The smallest absolute Gasteiger partial charge is 0.0726 e. The fraction of sp³-hybridized carbons (Fsp3) is 0.400. The Bertz CT molecular complexity index is 503. The molecule has 90 valence electrons. The monoisotopic (exact) mass is 228 g/mol. The molecule has 0 radical (unpaired) electrons. The van der Waals surface area contributed by atoms with Crippen LogP contribution in [-0.2, 0) is 6.42 Å². The number of pyridine rings is 1. The van der Waals surface area contributed by atoms with Crippen molar-refractivity contribution < 1.29 is 0 Å². The van der Waals surface area contributed by atoms with E-state index in [0.717, 1.165) is 18.5 Å². The zero-order valence-electron chi connectivity index (χ0n) is 10.8. The normalized spacial score (nSPS) is 11.1. The number of para-hydroxylation sites is 1. The van der Waals surface area contributed by atoms with Crippen molar-refractivity contribution in [2.45, 2.75) is 27.2 Å².